The summed E-state index contributed by atoms with van der Waals surface area (Å²) in [6.45, 7) is 3.46. The van der Waals surface area contributed by atoms with E-state index in [0.717, 1.165) is 6.54 Å². The van der Waals surface area contributed by atoms with E-state index in [1.807, 2.05) is 7.05 Å². The molecule has 0 aliphatic carbocycles. The molecule has 1 aromatic rings. The molecule has 0 bridgehead atoms. The second-order valence-corrected chi connectivity index (χ2v) is 8.56. The van der Waals surface area contributed by atoms with E-state index in [1.54, 1.807) is 11.9 Å². The number of amides is 1. The molecule has 0 radical (unpaired) electrons. The zero-order valence-corrected chi connectivity index (χ0v) is 17.6. The van der Waals surface area contributed by atoms with Crippen molar-refractivity contribution in [2.75, 3.05) is 40.3 Å². The van der Waals surface area contributed by atoms with Crippen LogP contribution in [0, 0.1) is 5.92 Å². The van der Waals surface area contributed by atoms with Gasteiger partial charge < -0.3 is 10.2 Å². The standard InChI is InChI=1S/C18H27N3O4S.ClH/c1-14(22)15-4-6-17(7-5-15)26(24,25)21-11-8-16(9-12-21)18(23)20(3)13-10-19-2;/h4-7,16,19H,8-13H2,1-3H3;1H. The van der Waals surface area contributed by atoms with Crippen molar-refractivity contribution < 1.29 is 18.0 Å². The number of piperidine rings is 1. The Balaban J connectivity index is 0.00000364. The first-order chi connectivity index (χ1) is 12.3. The van der Waals surface area contributed by atoms with Gasteiger partial charge in [-0.1, -0.05) is 12.1 Å². The molecule has 1 N–H and O–H groups in total. The average molecular weight is 418 g/mol. The Kier molecular flexibility index (Phi) is 8.87. The van der Waals surface area contributed by atoms with E-state index >= 15 is 0 Å². The van der Waals surface area contributed by atoms with Crippen molar-refractivity contribution in [3.05, 3.63) is 29.8 Å². The van der Waals surface area contributed by atoms with Crippen LogP contribution >= 0.6 is 12.4 Å². The fraction of sp³-hybridized carbons (Fsp3) is 0.556. The summed E-state index contributed by atoms with van der Waals surface area (Å²) in [6, 6.07) is 5.99. The van der Waals surface area contributed by atoms with Gasteiger partial charge in [0.25, 0.3) is 0 Å². The number of nitrogens with zero attached hydrogens (tertiary/aromatic N) is 2. The summed E-state index contributed by atoms with van der Waals surface area (Å²) in [7, 11) is 0.0141. The maximum Gasteiger partial charge on any atom is 0.243 e. The molecule has 1 amide bonds. The summed E-state index contributed by atoms with van der Waals surface area (Å²) in [6.07, 6.45) is 1.04. The third kappa shape index (κ3) is 5.75. The van der Waals surface area contributed by atoms with E-state index in [2.05, 4.69) is 5.32 Å². The quantitative estimate of drug-likeness (QED) is 0.677. The van der Waals surface area contributed by atoms with Crippen molar-refractivity contribution in [1.82, 2.24) is 14.5 Å². The van der Waals surface area contributed by atoms with Gasteiger partial charge in [-0.05, 0) is 38.9 Å². The summed E-state index contributed by atoms with van der Waals surface area (Å²) in [5, 5.41) is 3.01. The summed E-state index contributed by atoms with van der Waals surface area (Å²) >= 11 is 0. The van der Waals surface area contributed by atoms with Gasteiger partial charge in [0.2, 0.25) is 15.9 Å². The molecule has 0 saturated carbocycles. The molecular weight excluding hydrogens is 390 g/mol. The topological polar surface area (TPSA) is 86.8 Å². The van der Waals surface area contributed by atoms with Crippen LogP contribution in [0.2, 0.25) is 0 Å². The maximum absolute atomic E-state index is 12.8. The lowest BCUT2D eigenvalue weighted by Gasteiger charge is -2.32. The molecule has 0 atom stereocenters. The molecule has 0 spiro atoms. The van der Waals surface area contributed by atoms with Gasteiger partial charge in [0.05, 0.1) is 4.90 Å². The summed E-state index contributed by atoms with van der Waals surface area (Å²) < 4.78 is 26.9. The van der Waals surface area contributed by atoms with E-state index in [9.17, 15) is 18.0 Å². The highest BCUT2D eigenvalue weighted by molar-refractivity contribution is 7.89. The van der Waals surface area contributed by atoms with Gasteiger partial charge in [0, 0.05) is 44.7 Å². The molecule has 7 nitrogen and oxygen atoms in total. The Morgan fingerprint density at radius 1 is 1.19 bits per heavy atom. The van der Waals surface area contributed by atoms with Crippen molar-refractivity contribution in [2.24, 2.45) is 5.92 Å². The molecule has 9 heteroatoms. The largest absolute Gasteiger partial charge is 0.344 e. The van der Waals surface area contributed by atoms with Gasteiger partial charge in [0.1, 0.15) is 0 Å². The van der Waals surface area contributed by atoms with Crippen molar-refractivity contribution in [3.8, 4) is 0 Å². The lowest BCUT2D eigenvalue weighted by atomic mass is 9.97. The first-order valence-corrected chi connectivity index (χ1v) is 10.2. The van der Waals surface area contributed by atoms with Crippen molar-refractivity contribution in [2.45, 2.75) is 24.7 Å². The van der Waals surface area contributed by atoms with E-state index in [-0.39, 0.29) is 34.9 Å². The number of hydrogen-bond acceptors (Lipinski definition) is 5. The van der Waals surface area contributed by atoms with Crippen LogP contribution in [0.4, 0.5) is 0 Å². The van der Waals surface area contributed by atoms with Crippen molar-refractivity contribution >= 4 is 34.1 Å². The van der Waals surface area contributed by atoms with E-state index in [4.69, 9.17) is 0 Å². The fourth-order valence-electron chi connectivity index (χ4n) is 3.06. The molecule has 0 aromatic heterocycles. The van der Waals surface area contributed by atoms with Crippen LogP contribution in [-0.2, 0) is 14.8 Å². The lowest BCUT2D eigenvalue weighted by molar-refractivity contribution is -0.135. The Labute approximate surface area is 167 Å². The monoisotopic (exact) mass is 417 g/mol. The number of hydrogen-bond donors (Lipinski definition) is 1. The minimum Gasteiger partial charge on any atom is -0.344 e. The van der Waals surface area contributed by atoms with E-state index in [1.165, 1.54) is 35.5 Å². The van der Waals surface area contributed by atoms with Crippen molar-refractivity contribution in [1.29, 1.82) is 0 Å². The van der Waals surface area contributed by atoms with Crippen LogP contribution < -0.4 is 5.32 Å². The fourth-order valence-corrected chi connectivity index (χ4v) is 4.52. The highest BCUT2D eigenvalue weighted by atomic mass is 35.5. The summed E-state index contributed by atoms with van der Waals surface area (Å²) in [4.78, 5) is 25.6. The second-order valence-electron chi connectivity index (χ2n) is 6.62. The molecule has 2 rings (SSSR count). The third-order valence-corrected chi connectivity index (χ3v) is 6.69. The minimum absolute atomic E-state index is 0. The number of carbonyl (C=O) groups is 2. The molecule has 152 valence electrons. The lowest BCUT2D eigenvalue weighted by Crippen LogP contribution is -2.44. The molecule has 1 saturated heterocycles. The third-order valence-electron chi connectivity index (χ3n) is 4.78. The van der Waals surface area contributed by atoms with Crippen LogP contribution in [0.15, 0.2) is 29.2 Å². The molecule has 1 aliphatic rings. The first-order valence-electron chi connectivity index (χ1n) is 8.78. The molecule has 0 unspecified atom stereocenters. The number of Topliss-reactive ketones (excluding diaryl/α,β-unsaturated/α-hetero) is 1. The van der Waals surface area contributed by atoms with Gasteiger partial charge in [0.15, 0.2) is 5.78 Å². The molecule has 27 heavy (non-hydrogen) atoms. The zero-order valence-electron chi connectivity index (χ0n) is 16.0. The molecule has 1 heterocycles. The number of nitrogens with one attached hydrogen (secondary N) is 1. The van der Waals surface area contributed by atoms with Crippen LogP contribution in [0.5, 0.6) is 0 Å². The van der Waals surface area contributed by atoms with Gasteiger partial charge in [-0.15, -0.1) is 12.4 Å². The number of ketones is 1. The van der Waals surface area contributed by atoms with Gasteiger partial charge in [-0.25, -0.2) is 8.42 Å². The molecule has 1 aromatic carbocycles. The zero-order chi connectivity index (χ0) is 19.3. The Morgan fingerprint density at radius 3 is 2.22 bits per heavy atom. The SMILES string of the molecule is CNCCN(C)C(=O)C1CCN(S(=O)(=O)c2ccc(C(C)=O)cc2)CC1.Cl. The number of carbonyl (C=O) groups excluding carboxylic acids is 2. The van der Waals surface area contributed by atoms with Gasteiger partial charge >= 0.3 is 0 Å². The van der Waals surface area contributed by atoms with Crippen molar-refractivity contribution in [3.63, 3.8) is 0 Å². The Morgan fingerprint density at radius 2 is 1.74 bits per heavy atom. The van der Waals surface area contributed by atoms with Crippen LogP contribution in [0.1, 0.15) is 30.1 Å². The number of benzene rings is 1. The van der Waals surface area contributed by atoms with Crippen LogP contribution in [0.25, 0.3) is 0 Å². The van der Waals surface area contributed by atoms with Gasteiger partial charge in [-0.3, -0.25) is 9.59 Å². The minimum atomic E-state index is -3.60. The van der Waals surface area contributed by atoms with E-state index in [0.29, 0.717) is 38.0 Å². The Hall–Kier alpha value is -1.48. The average Bonchev–Trinajstić information content (AvgIpc) is 2.65. The smallest absolute Gasteiger partial charge is 0.243 e. The predicted molar refractivity (Wildman–Crippen MR) is 107 cm³/mol. The Bertz CT molecular complexity index is 744. The van der Waals surface area contributed by atoms with Crippen LogP contribution in [-0.4, -0.2) is 69.6 Å². The molecule has 1 fully saturated rings. The number of likely N-dealkylation sites (N-methyl/N-ethyl adjacent to an activating group) is 2. The highest BCUT2D eigenvalue weighted by Crippen LogP contribution is 2.25. The number of rotatable bonds is 7. The second kappa shape index (κ2) is 10.2. The molecular formula is C18H28ClN3O4S. The van der Waals surface area contributed by atoms with Gasteiger partial charge in [-0.2, -0.15) is 4.31 Å². The van der Waals surface area contributed by atoms with Crippen LogP contribution in [0.3, 0.4) is 0 Å². The number of sulfonamides is 1. The maximum atomic E-state index is 12.8. The summed E-state index contributed by atoms with van der Waals surface area (Å²) in [5.74, 6) is -0.165. The predicted octanol–water partition coefficient (Wildman–Crippen LogP) is 1.39. The number of halogens is 1. The molecule has 1 aliphatic heterocycles. The normalized spacial score (nSPS) is 15.8. The summed E-state index contributed by atoms with van der Waals surface area (Å²) in [5.41, 5.74) is 0.484. The van der Waals surface area contributed by atoms with E-state index < -0.39 is 10.0 Å². The first kappa shape index (κ1) is 23.6. The highest BCUT2D eigenvalue weighted by Gasteiger charge is 2.33.